The highest BCUT2D eigenvalue weighted by atomic mass is 32.2. The van der Waals surface area contributed by atoms with Crippen molar-refractivity contribution in [3.63, 3.8) is 0 Å². The predicted octanol–water partition coefficient (Wildman–Crippen LogP) is 1.51. The van der Waals surface area contributed by atoms with Gasteiger partial charge in [-0.2, -0.15) is 8.42 Å². The third-order valence-electron chi connectivity index (χ3n) is 1.87. The van der Waals surface area contributed by atoms with Gasteiger partial charge in [0.2, 0.25) is 0 Å². The quantitative estimate of drug-likeness (QED) is 0.752. The van der Waals surface area contributed by atoms with Crippen molar-refractivity contribution >= 4 is 10.1 Å². The van der Waals surface area contributed by atoms with Gasteiger partial charge in [0.15, 0.2) is 0 Å². The number of benzene rings is 1. The minimum Gasteiger partial charge on any atom is -0.285 e. The van der Waals surface area contributed by atoms with Crippen LogP contribution in [0.2, 0.25) is 0 Å². The molecule has 72 valence electrons. The van der Waals surface area contributed by atoms with Gasteiger partial charge in [0.05, 0.1) is 5.25 Å². The van der Waals surface area contributed by atoms with Crippen LogP contribution in [0.5, 0.6) is 0 Å². The largest absolute Gasteiger partial charge is 0.285 e. The molecule has 3 nitrogen and oxygen atoms in total. The lowest BCUT2D eigenvalue weighted by atomic mass is 10.1. The smallest absolute Gasteiger partial charge is 0.267 e. The second-order valence-corrected chi connectivity index (χ2v) is 4.85. The molecule has 1 unspecified atom stereocenters. The molecule has 1 atom stereocenters. The zero-order valence-electron chi connectivity index (χ0n) is 7.34. The molecule has 0 amide bonds. The van der Waals surface area contributed by atoms with Crippen LogP contribution in [0.15, 0.2) is 30.3 Å². The summed E-state index contributed by atoms with van der Waals surface area (Å²) in [4.78, 5) is 0. The summed E-state index contributed by atoms with van der Waals surface area (Å²) in [6.45, 7) is 1.49. The van der Waals surface area contributed by atoms with Gasteiger partial charge in [-0.05, 0) is 18.9 Å². The Labute approximate surface area is 78.2 Å². The Morgan fingerprint density at radius 2 is 1.85 bits per heavy atom. The van der Waals surface area contributed by atoms with Crippen molar-refractivity contribution in [1.29, 1.82) is 0 Å². The molecule has 0 heterocycles. The number of hydrogen-bond acceptors (Lipinski definition) is 2. The van der Waals surface area contributed by atoms with Gasteiger partial charge < -0.3 is 0 Å². The highest BCUT2D eigenvalue weighted by Gasteiger charge is 2.16. The van der Waals surface area contributed by atoms with Gasteiger partial charge >= 0.3 is 0 Å². The van der Waals surface area contributed by atoms with E-state index in [0.29, 0.717) is 6.42 Å². The van der Waals surface area contributed by atoms with E-state index in [-0.39, 0.29) is 0 Å². The molecule has 1 aromatic carbocycles. The minimum atomic E-state index is -3.90. The monoisotopic (exact) mass is 200 g/mol. The molecule has 0 saturated carbocycles. The molecular formula is C9H12O3S. The summed E-state index contributed by atoms with van der Waals surface area (Å²) in [6.07, 6.45) is 0.347. The Bertz CT molecular complexity index is 356. The minimum absolute atomic E-state index is 0.347. The molecule has 4 heteroatoms. The van der Waals surface area contributed by atoms with Crippen LogP contribution in [-0.4, -0.2) is 18.2 Å². The maximum atomic E-state index is 10.7. The van der Waals surface area contributed by atoms with E-state index in [9.17, 15) is 8.42 Å². The first-order valence-electron chi connectivity index (χ1n) is 4.00. The Morgan fingerprint density at radius 3 is 2.31 bits per heavy atom. The molecule has 0 aliphatic rings. The third-order valence-corrected chi connectivity index (χ3v) is 3.06. The van der Waals surface area contributed by atoms with Gasteiger partial charge in [0.1, 0.15) is 0 Å². The van der Waals surface area contributed by atoms with Crippen LogP contribution in [0.3, 0.4) is 0 Å². The molecule has 0 aliphatic carbocycles. The normalized spacial score (nSPS) is 14.0. The maximum Gasteiger partial charge on any atom is 0.267 e. The van der Waals surface area contributed by atoms with Crippen molar-refractivity contribution in [3.8, 4) is 0 Å². The van der Waals surface area contributed by atoms with E-state index >= 15 is 0 Å². The second-order valence-electron chi connectivity index (χ2n) is 3.02. The summed E-state index contributed by atoms with van der Waals surface area (Å²) >= 11 is 0. The first kappa shape index (κ1) is 10.2. The fraction of sp³-hybridized carbons (Fsp3) is 0.333. The standard InChI is InChI=1S/C9H12O3S/c1-8(13(10,11)12)7-9-5-3-2-4-6-9/h2-6,8H,7H2,1H3,(H,10,11,12). The van der Waals surface area contributed by atoms with Crippen molar-refractivity contribution in [2.75, 3.05) is 0 Å². The van der Waals surface area contributed by atoms with E-state index in [0.717, 1.165) is 5.56 Å². The van der Waals surface area contributed by atoms with Gasteiger partial charge in [-0.1, -0.05) is 30.3 Å². The summed E-state index contributed by atoms with van der Waals surface area (Å²) in [6, 6.07) is 9.21. The van der Waals surface area contributed by atoms with Crippen LogP contribution >= 0.6 is 0 Å². The lowest BCUT2D eigenvalue weighted by molar-refractivity contribution is 0.469. The Hall–Kier alpha value is -0.870. The fourth-order valence-corrected chi connectivity index (χ4v) is 1.45. The molecule has 0 radical (unpaired) electrons. The van der Waals surface area contributed by atoms with Crippen molar-refractivity contribution in [3.05, 3.63) is 35.9 Å². The van der Waals surface area contributed by atoms with Gasteiger partial charge in [0.25, 0.3) is 10.1 Å². The van der Waals surface area contributed by atoms with Gasteiger partial charge in [-0.3, -0.25) is 4.55 Å². The molecule has 13 heavy (non-hydrogen) atoms. The van der Waals surface area contributed by atoms with E-state index in [2.05, 4.69) is 0 Å². The average Bonchev–Trinajstić information content (AvgIpc) is 2.04. The van der Waals surface area contributed by atoms with E-state index in [4.69, 9.17) is 4.55 Å². The van der Waals surface area contributed by atoms with Crippen molar-refractivity contribution in [2.24, 2.45) is 0 Å². The summed E-state index contributed by atoms with van der Waals surface area (Å²) in [5.74, 6) is 0. The molecule has 1 aromatic rings. The van der Waals surface area contributed by atoms with Crippen LogP contribution in [0.1, 0.15) is 12.5 Å². The van der Waals surface area contributed by atoms with Crippen LogP contribution in [0.25, 0.3) is 0 Å². The van der Waals surface area contributed by atoms with Crippen LogP contribution in [-0.2, 0) is 16.5 Å². The highest BCUT2D eigenvalue weighted by Crippen LogP contribution is 2.07. The molecule has 0 saturated heterocycles. The highest BCUT2D eigenvalue weighted by molar-refractivity contribution is 7.86. The lowest BCUT2D eigenvalue weighted by Crippen LogP contribution is -2.18. The molecule has 0 aliphatic heterocycles. The van der Waals surface area contributed by atoms with Crippen molar-refractivity contribution < 1.29 is 13.0 Å². The Morgan fingerprint density at radius 1 is 1.31 bits per heavy atom. The second kappa shape index (κ2) is 3.89. The van der Waals surface area contributed by atoms with Crippen LogP contribution in [0.4, 0.5) is 0 Å². The molecule has 0 bridgehead atoms. The lowest BCUT2D eigenvalue weighted by Gasteiger charge is -2.06. The van der Waals surface area contributed by atoms with Gasteiger partial charge in [-0.25, -0.2) is 0 Å². The molecule has 1 rings (SSSR count). The van der Waals surface area contributed by atoms with Gasteiger partial charge in [-0.15, -0.1) is 0 Å². The van der Waals surface area contributed by atoms with Crippen molar-refractivity contribution in [1.82, 2.24) is 0 Å². The summed E-state index contributed by atoms with van der Waals surface area (Å²) in [5.41, 5.74) is 0.910. The SMILES string of the molecule is CC(Cc1ccccc1)S(=O)(=O)O. The Kier molecular flexibility index (Phi) is 3.06. The Balaban J connectivity index is 2.72. The topological polar surface area (TPSA) is 54.4 Å². The number of rotatable bonds is 3. The molecule has 0 aromatic heterocycles. The zero-order chi connectivity index (χ0) is 9.90. The van der Waals surface area contributed by atoms with E-state index in [1.165, 1.54) is 6.92 Å². The average molecular weight is 200 g/mol. The van der Waals surface area contributed by atoms with Gasteiger partial charge in [0, 0.05) is 0 Å². The molecule has 1 N–H and O–H groups in total. The van der Waals surface area contributed by atoms with E-state index < -0.39 is 15.4 Å². The first-order chi connectivity index (χ1) is 6.00. The molecule has 0 spiro atoms. The third kappa shape index (κ3) is 3.16. The van der Waals surface area contributed by atoms with Crippen LogP contribution < -0.4 is 0 Å². The summed E-state index contributed by atoms with van der Waals surface area (Å²) < 4.78 is 30.1. The fourth-order valence-electron chi connectivity index (χ4n) is 1.05. The van der Waals surface area contributed by atoms with E-state index in [1.54, 1.807) is 0 Å². The molecule has 0 fully saturated rings. The number of hydrogen-bond donors (Lipinski definition) is 1. The van der Waals surface area contributed by atoms with E-state index in [1.807, 2.05) is 30.3 Å². The van der Waals surface area contributed by atoms with Crippen LogP contribution in [0, 0.1) is 0 Å². The first-order valence-corrected chi connectivity index (χ1v) is 5.50. The molecular weight excluding hydrogens is 188 g/mol. The summed E-state index contributed by atoms with van der Waals surface area (Å²) in [5, 5.41) is -0.741. The maximum absolute atomic E-state index is 10.7. The summed E-state index contributed by atoms with van der Waals surface area (Å²) in [7, 11) is -3.90. The van der Waals surface area contributed by atoms with Crippen molar-refractivity contribution in [2.45, 2.75) is 18.6 Å². The predicted molar refractivity (Wildman–Crippen MR) is 51.2 cm³/mol. The zero-order valence-corrected chi connectivity index (χ0v) is 8.16.